The van der Waals surface area contributed by atoms with Crippen LogP contribution in [0.25, 0.3) is 0 Å². The Hall–Kier alpha value is -0.740. The van der Waals surface area contributed by atoms with Crippen molar-refractivity contribution in [2.75, 3.05) is 0 Å². The van der Waals surface area contributed by atoms with Gasteiger partial charge in [-0.3, -0.25) is 4.79 Å². The first-order valence-corrected chi connectivity index (χ1v) is 6.15. The van der Waals surface area contributed by atoms with E-state index in [0.717, 1.165) is 23.5 Å². The fourth-order valence-corrected chi connectivity index (χ4v) is 2.79. The number of Topliss-reactive ketones (excluding diaryl/α,β-unsaturated/α-hetero) is 1. The number of carbonyl (C=O) groups excluding carboxylic acids is 1. The quantitative estimate of drug-likeness (QED) is 0.854. The van der Waals surface area contributed by atoms with Gasteiger partial charge >= 0.3 is 0 Å². The van der Waals surface area contributed by atoms with Crippen LogP contribution in [0, 0.1) is 6.92 Å². The Kier molecular flexibility index (Phi) is 2.89. The maximum absolute atomic E-state index is 11.9. The summed E-state index contributed by atoms with van der Waals surface area (Å²) in [6.45, 7) is 1.91. The lowest BCUT2D eigenvalue weighted by atomic mass is 9.95. The predicted octanol–water partition coefficient (Wildman–Crippen LogP) is 1.87. The molecule has 0 bridgehead atoms. The van der Waals surface area contributed by atoms with Crippen molar-refractivity contribution in [2.24, 2.45) is 0 Å². The molecule has 0 radical (unpaired) electrons. The number of nitrogens with zero attached hydrogens (tertiary/aromatic N) is 1. The van der Waals surface area contributed by atoms with E-state index in [0.29, 0.717) is 12.8 Å². The Morgan fingerprint density at radius 3 is 2.80 bits per heavy atom. The zero-order chi connectivity index (χ0) is 10.9. The molecule has 1 aromatic heterocycles. The van der Waals surface area contributed by atoms with Gasteiger partial charge in [-0.25, -0.2) is 4.98 Å². The second-order valence-electron chi connectivity index (χ2n) is 4.22. The first-order chi connectivity index (χ1) is 7.10. The van der Waals surface area contributed by atoms with Gasteiger partial charge < -0.3 is 5.11 Å². The highest BCUT2D eigenvalue weighted by molar-refractivity contribution is 7.09. The third-order valence-electron chi connectivity index (χ3n) is 2.93. The molecular formula is C11H15NO2S. The van der Waals surface area contributed by atoms with Gasteiger partial charge in [-0.2, -0.15) is 0 Å². The number of aliphatic hydroxyl groups is 1. The molecule has 1 aliphatic rings. The van der Waals surface area contributed by atoms with Crippen molar-refractivity contribution >= 4 is 17.1 Å². The molecule has 0 saturated heterocycles. The van der Waals surface area contributed by atoms with E-state index in [1.165, 1.54) is 11.3 Å². The third kappa shape index (κ3) is 2.26. The highest BCUT2D eigenvalue weighted by Crippen LogP contribution is 2.31. The van der Waals surface area contributed by atoms with E-state index in [2.05, 4.69) is 4.98 Å². The maximum Gasteiger partial charge on any atom is 0.171 e. The first-order valence-electron chi connectivity index (χ1n) is 5.27. The molecule has 0 atom stereocenters. The third-order valence-corrected chi connectivity index (χ3v) is 3.89. The lowest BCUT2D eigenvalue weighted by Gasteiger charge is -2.19. The lowest BCUT2D eigenvalue weighted by molar-refractivity contribution is -0.136. The van der Waals surface area contributed by atoms with Gasteiger partial charge in [0.2, 0.25) is 0 Å². The van der Waals surface area contributed by atoms with Crippen molar-refractivity contribution in [1.82, 2.24) is 4.98 Å². The molecule has 1 saturated carbocycles. The number of thiazole rings is 1. The van der Waals surface area contributed by atoms with E-state index in [1.54, 1.807) is 0 Å². The molecule has 0 unspecified atom stereocenters. The molecule has 2 rings (SSSR count). The SMILES string of the molecule is Cc1csc(CC(=O)C2(O)CCCC2)n1. The maximum atomic E-state index is 11.9. The molecule has 15 heavy (non-hydrogen) atoms. The molecule has 0 spiro atoms. The summed E-state index contributed by atoms with van der Waals surface area (Å²) >= 11 is 1.49. The minimum Gasteiger partial charge on any atom is -0.382 e. The second kappa shape index (κ2) is 4.02. The highest BCUT2D eigenvalue weighted by Gasteiger charge is 2.38. The molecule has 1 fully saturated rings. The average Bonchev–Trinajstić information content (AvgIpc) is 2.76. The Morgan fingerprint density at radius 1 is 1.60 bits per heavy atom. The van der Waals surface area contributed by atoms with Gasteiger partial charge in [0.05, 0.1) is 6.42 Å². The van der Waals surface area contributed by atoms with E-state index in [-0.39, 0.29) is 12.2 Å². The monoisotopic (exact) mass is 225 g/mol. The topological polar surface area (TPSA) is 50.2 Å². The fraction of sp³-hybridized carbons (Fsp3) is 0.636. The lowest BCUT2D eigenvalue weighted by Crippen LogP contribution is -2.36. The van der Waals surface area contributed by atoms with Crippen LogP contribution in [0.1, 0.15) is 36.4 Å². The molecular weight excluding hydrogens is 210 g/mol. The second-order valence-corrected chi connectivity index (χ2v) is 5.16. The molecule has 0 aliphatic heterocycles. The highest BCUT2D eigenvalue weighted by atomic mass is 32.1. The fourth-order valence-electron chi connectivity index (χ4n) is 2.02. The Balaban J connectivity index is 2.03. The van der Waals surface area contributed by atoms with Crippen LogP contribution in [0.5, 0.6) is 0 Å². The van der Waals surface area contributed by atoms with E-state index in [9.17, 15) is 9.90 Å². The summed E-state index contributed by atoms with van der Waals surface area (Å²) in [5.74, 6) is -0.0608. The van der Waals surface area contributed by atoms with Crippen LogP contribution in [0.15, 0.2) is 5.38 Å². The van der Waals surface area contributed by atoms with Crippen molar-refractivity contribution in [2.45, 2.75) is 44.6 Å². The zero-order valence-corrected chi connectivity index (χ0v) is 9.64. The molecule has 3 nitrogen and oxygen atoms in total. The summed E-state index contributed by atoms with van der Waals surface area (Å²) in [6, 6.07) is 0. The van der Waals surface area contributed by atoms with Crippen LogP contribution in [-0.2, 0) is 11.2 Å². The van der Waals surface area contributed by atoms with Crippen LogP contribution in [0.3, 0.4) is 0 Å². The number of rotatable bonds is 3. The van der Waals surface area contributed by atoms with Gasteiger partial charge in [0.1, 0.15) is 10.6 Å². The number of aryl methyl sites for hydroxylation is 1. The molecule has 0 aromatic carbocycles. The number of carbonyl (C=O) groups is 1. The number of hydrogen-bond donors (Lipinski definition) is 1. The van der Waals surface area contributed by atoms with Crippen molar-refractivity contribution in [3.63, 3.8) is 0 Å². The minimum absolute atomic E-state index is 0.0608. The van der Waals surface area contributed by atoms with Crippen molar-refractivity contribution < 1.29 is 9.90 Å². The predicted molar refractivity (Wildman–Crippen MR) is 59.0 cm³/mol. The Labute approximate surface area is 93.2 Å². The standard InChI is InChI=1S/C11H15NO2S/c1-8-7-15-10(12-8)6-9(13)11(14)4-2-3-5-11/h7,14H,2-6H2,1H3. The summed E-state index contributed by atoms with van der Waals surface area (Å²) in [6.07, 6.45) is 3.44. The van der Waals surface area contributed by atoms with E-state index >= 15 is 0 Å². The smallest absolute Gasteiger partial charge is 0.171 e. The summed E-state index contributed by atoms with van der Waals surface area (Å²) in [5, 5.41) is 12.8. The van der Waals surface area contributed by atoms with Gasteiger partial charge in [-0.1, -0.05) is 0 Å². The number of hydrogen-bond acceptors (Lipinski definition) is 4. The van der Waals surface area contributed by atoms with Gasteiger partial charge in [0, 0.05) is 11.1 Å². The molecule has 82 valence electrons. The molecule has 1 N–H and O–H groups in total. The van der Waals surface area contributed by atoms with Gasteiger partial charge in [-0.05, 0) is 32.6 Å². The Bertz CT molecular complexity index is 366. The first kappa shape index (κ1) is 10.8. The van der Waals surface area contributed by atoms with E-state index in [1.807, 2.05) is 12.3 Å². The van der Waals surface area contributed by atoms with Crippen LogP contribution in [-0.4, -0.2) is 21.5 Å². The summed E-state index contributed by atoms with van der Waals surface area (Å²) in [7, 11) is 0. The van der Waals surface area contributed by atoms with Crippen LogP contribution >= 0.6 is 11.3 Å². The summed E-state index contributed by atoms with van der Waals surface area (Å²) in [4.78, 5) is 16.1. The molecule has 4 heteroatoms. The Morgan fingerprint density at radius 2 is 2.27 bits per heavy atom. The number of ketones is 1. The summed E-state index contributed by atoms with van der Waals surface area (Å²) in [5.41, 5.74) is -0.110. The van der Waals surface area contributed by atoms with E-state index in [4.69, 9.17) is 0 Å². The van der Waals surface area contributed by atoms with Gasteiger partial charge in [0.15, 0.2) is 5.78 Å². The largest absolute Gasteiger partial charge is 0.382 e. The van der Waals surface area contributed by atoms with Gasteiger partial charge in [0.25, 0.3) is 0 Å². The molecule has 1 aliphatic carbocycles. The zero-order valence-electron chi connectivity index (χ0n) is 8.82. The normalized spacial score (nSPS) is 19.3. The molecule has 0 amide bonds. The van der Waals surface area contributed by atoms with Crippen molar-refractivity contribution in [3.05, 3.63) is 16.1 Å². The van der Waals surface area contributed by atoms with Crippen molar-refractivity contribution in [3.8, 4) is 0 Å². The van der Waals surface area contributed by atoms with E-state index < -0.39 is 5.60 Å². The number of aromatic nitrogens is 1. The van der Waals surface area contributed by atoms with Crippen LogP contribution in [0.2, 0.25) is 0 Å². The van der Waals surface area contributed by atoms with Crippen LogP contribution < -0.4 is 0 Å². The minimum atomic E-state index is -1.06. The average molecular weight is 225 g/mol. The van der Waals surface area contributed by atoms with Crippen LogP contribution in [0.4, 0.5) is 0 Å². The van der Waals surface area contributed by atoms with Crippen molar-refractivity contribution in [1.29, 1.82) is 0 Å². The molecule has 1 heterocycles. The van der Waals surface area contributed by atoms with Gasteiger partial charge in [-0.15, -0.1) is 11.3 Å². The molecule has 1 aromatic rings. The summed E-state index contributed by atoms with van der Waals surface area (Å²) < 4.78 is 0.